The van der Waals surface area contributed by atoms with Crippen LogP contribution >= 0.6 is 0 Å². The molecule has 0 aliphatic carbocycles. The van der Waals surface area contributed by atoms with E-state index in [4.69, 9.17) is 5.26 Å². The SMILES string of the molecule is C[C@H](NCc1ccnc(C#N)c1)c1cccc(F)c1. The molecule has 0 radical (unpaired) electrons. The Morgan fingerprint density at radius 1 is 1.37 bits per heavy atom. The molecule has 3 nitrogen and oxygen atoms in total. The number of nitrogens with zero attached hydrogens (tertiary/aromatic N) is 2. The van der Waals surface area contributed by atoms with E-state index in [1.807, 2.05) is 25.1 Å². The molecular weight excluding hydrogens is 241 g/mol. The molecule has 1 heterocycles. The summed E-state index contributed by atoms with van der Waals surface area (Å²) in [5.41, 5.74) is 2.28. The number of pyridine rings is 1. The summed E-state index contributed by atoms with van der Waals surface area (Å²) in [5, 5.41) is 12.1. The van der Waals surface area contributed by atoms with Crippen LogP contribution in [0, 0.1) is 17.1 Å². The van der Waals surface area contributed by atoms with Gasteiger partial charge < -0.3 is 5.32 Å². The van der Waals surface area contributed by atoms with Crippen LogP contribution in [0.5, 0.6) is 0 Å². The Balaban J connectivity index is 2.00. The van der Waals surface area contributed by atoms with Crippen LogP contribution < -0.4 is 5.32 Å². The quantitative estimate of drug-likeness (QED) is 0.913. The molecular formula is C15H14FN3. The van der Waals surface area contributed by atoms with E-state index < -0.39 is 0 Å². The summed E-state index contributed by atoms with van der Waals surface area (Å²) in [6.45, 7) is 2.58. The molecule has 0 unspecified atom stereocenters. The fraction of sp³-hybridized carbons (Fsp3) is 0.200. The predicted octanol–water partition coefficient (Wildman–Crippen LogP) is 2.94. The van der Waals surface area contributed by atoms with Gasteiger partial charge in [-0.1, -0.05) is 12.1 Å². The van der Waals surface area contributed by atoms with Crippen LogP contribution in [0.2, 0.25) is 0 Å². The Hall–Kier alpha value is -2.25. The predicted molar refractivity (Wildman–Crippen MR) is 70.6 cm³/mol. The van der Waals surface area contributed by atoms with E-state index in [9.17, 15) is 4.39 Å². The second-order valence-corrected chi connectivity index (χ2v) is 4.32. The Bertz CT molecular complexity index is 604. The molecule has 1 N–H and O–H groups in total. The number of halogens is 1. The summed E-state index contributed by atoms with van der Waals surface area (Å²) in [7, 11) is 0. The first-order valence-corrected chi connectivity index (χ1v) is 6.03. The third kappa shape index (κ3) is 3.60. The van der Waals surface area contributed by atoms with Crippen molar-refractivity contribution in [1.29, 1.82) is 5.26 Å². The third-order valence-corrected chi connectivity index (χ3v) is 2.90. The number of aromatic nitrogens is 1. The molecule has 4 heteroatoms. The van der Waals surface area contributed by atoms with Crippen LogP contribution in [0.1, 0.15) is 29.8 Å². The molecule has 2 aromatic rings. The van der Waals surface area contributed by atoms with Crippen LogP contribution in [-0.2, 0) is 6.54 Å². The highest BCUT2D eigenvalue weighted by Gasteiger charge is 2.06. The molecule has 1 atom stereocenters. The number of hydrogen-bond donors (Lipinski definition) is 1. The van der Waals surface area contributed by atoms with Gasteiger partial charge in [0.1, 0.15) is 17.6 Å². The molecule has 0 saturated carbocycles. The van der Waals surface area contributed by atoms with Crippen molar-refractivity contribution in [1.82, 2.24) is 10.3 Å². The van der Waals surface area contributed by atoms with E-state index in [-0.39, 0.29) is 11.9 Å². The topological polar surface area (TPSA) is 48.7 Å². The minimum atomic E-state index is -0.234. The molecule has 0 spiro atoms. The fourth-order valence-electron chi connectivity index (χ4n) is 1.81. The lowest BCUT2D eigenvalue weighted by molar-refractivity contribution is 0.565. The Labute approximate surface area is 111 Å². The normalized spacial score (nSPS) is 11.8. The minimum Gasteiger partial charge on any atom is -0.306 e. The van der Waals surface area contributed by atoms with Gasteiger partial charge in [-0.05, 0) is 42.3 Å². The average Bonchev–Trinajstić information content (AvgIpc) is 2.45. The zero-order valence-corrected chi connectivity index (χ0v) is 10.6. The first kappa shape index (κ1) is 13.2. The Morgan fingerprint density at radius 3 is 2.95 bits per heavy atom. The van der Waals surface area contributed by atoms with Gasteiger partial charge in [0, 0.05) is 18.8 Å². The van der Waals surface area contributed by atoms with Gasteiger partial charge in [0.05, 0.1) is 0 Å². The van der Waals surface area contributed by atoms with Crippen LogP contribution in [0.3, 0.4) is 0 Å². The molecule has 0 bridgehead atoms. The lowest BCUT2D eigenvalue weighted by Gasteiger charge is -2.14. The molecule has 0 aliphatic rings. The van der Waals surface area contributed by atoms with Gasteiger partial charge in [-0.3, -0.25) is 0 Å². The first-order chi connectivity index (χ1) is 9.19. The first-order valence-electron chi connectivity index (χ1n) is 6.03. The Kier molecular flexibility index (Phi) is 4.22. The molecule has 1 aromatic heterocycles. The van der Waals surface area contributed by atoms with Gasteiger partial charge in [-0.15, -0.1) is 0 Å². The molecule has 2 rings (SSSR count). The van der Waals surface area contributed by atoms with E-state index >= 15 is 0 Å². The van der Waals surface area contributed by atoms with Gasteiger partial charge >= 0.3 is 0 Å². The van der Waals surface area contributed by atoms with Crippen molar-refractivity contribution < 1.29 is 4.39 Å². The van der Waals surface area contributed by atoms with Crippen molar-refractivity contribution >= 4 is 0 Å². The highest BCUT2D eigenvalue weighted by Crippen LogP contribution is 2.14. The molecule has 96 valence electrons. The molecule has 0 saturated heterocycles. The van der Waals surface area contributed by atoms with Crippen LogP contribution in [0.4, 0.5) is 4.39 Å². The van der Waals surface area contributed by atoms with Gasteiger partial charge in [-0.2, -0.15) is 5.26 Å². The Morgan fingerprint density at radius 2 is 2.21 bits per heavy atom. The summed E-state index contributed by atoms with van der Waals surface area (Å²) in [5.74, 6) is -0.234. The van der Waals surface area contributed by atoms with Gasteiger partial charge in [0.25, 0.3) is 0 Å². The van der Waals surface area contributed by atoms with E-state index in [1.165, 1.54) is 12.1 Å². The van der Waals surface area contributed by atoms with Crippen molar-refractivity contribution in [2.45, 2.75) is 19.5 Å². The van der Waals surface area contributed by atoms with Crippen molar-refractivity contribution in [3.05, 3.63) is 65.2 Å². The van der Waals surface area contributed by atoms with Gasteiger partial charge in [0.15, 0.2) is 0 Å². The van der Waals surface area contributed by atoms with Crippen LogP contribution in [0.25, 0.3) is 0 Å². The lowest BCUT2D eigenvalue weighted by Crippen LogP contribution is -2.18. The maximum atomic E-state index is 13.1. The average molecular weight is 255 g/mol. The molecule has 0 aliphatic heterocycles. The van der Waals surface area contributed by atoms with Crippen LogP contribution in [-0.4, -0.2) is 4.98 Å². The van der Waals surface area contributed by atoms with Crippen LogP contribution in [0.15, 0.2) is 42.6 Å². The monoisotopic (exact) mass is 255 g/mol. The van der Waals surface area contributed by atoms with Crippen molar-refractivity contribution in [3.8, 4) is 6.07 Å². The maximum Gasteiger partial charge on any atom is 0.140 e. The summed E-state index contributed by atoms with van der Waals surface area (Å²) < 4.78 is 13.1. The summed E-state index contributed by atoms with van der Waals surface area (Å²) in [6, 6.07) is 12.2. The minimum absolute atomic E-state index is 0.0365. The fourth-order valence-corrected chi connectivity index (χ4v) is 1.81. The number of benzene rings is 1. The zero-order valence-electron chi connectivity index (χ0n) is 10.6. The smallest absolute Gasteiger partial charge is 0.140 e. The third-order valence-electron chi connectivity index (χ3n) is 2.90. The lowest BCUT2D eigenvalue weighted by atomic mass is 10.1. The summed E-state index contributed by atoms with van der Waals surface area (Å²) in [4.78, 5) is 3.92. The number of hydrogen-bond acceptors (Lipinski definition) is 3. The second kappa shape index (κ2) is 6.07. The maximum absolute atomic E-state index is 13.1. The second-order valence-electron chi connectivity index (χ2n) is 4.32. The largest absolute Gasteiger partial charge is 0.306 e. The molecule has 19 heavy (non-hydrogen) atoms. The van der Waals surface area contributed by atoms with E-state index in [0.29, 0.717) is 12.2 Å². The standard InChI is InChI=1S/C15H14FN3/c1-11(13-3-2-4-14(16)8-13)19-10-12-5-6-18-15(7-12)9-17/h2-8,11,19H,10H2,1H3/t11-/m0/s1. The number of nitriles is 1. The van der Waals surface area contributed by atoms with Crippen molar-refractivity contribution in [2.75, 3.05) is 0 Å². The zero-order chi connectivity index (χ0) is 13.7. The summed E-state index contributed by atoms with van der Waals surface area (Å²) >= 11 is 0. The van der Waals surface area contributed by atoms with E-state index in [0.717, 1.165) is 11.1 Å². The van der Waals surface area contributed by atoms with Gasteiger partial charge in [0.2, 0.25) is 0 Å². The summed E-state index contributed by atoms with van der Waals surface area (Å²) in [6.07, 6.45) is 1.61. The van der Waals surface area contributed by atoms with Crippen molar-refractivity contribution in [2.24, 2.45) is 0 Å². The van der Waals surface area contributed by atoms with E-state index in [1.54, 1.807) is 18.3 Å². The molecule has 0 fully saturated rings. The number of nitrogens with one attached hydrogen (secondary N) is 1. The van der Waals surface area contributed by atoms with Crippen molar-refractivity contribution in [3.63, 3.8) is 0 Å². The molecule has 0 amide bonds. The van der Waals surface area contributed by atoms with Gasteiger partial charge in [-0.25, -0.2) is 9.37 Å². The highest BCUT2D eigenvalue weighted by atomic mass is 19.1. The van der Waals surface area contributed by atoms with E-state index in [2.05, 4.69) is 10.3 Å². The number of rotatable bonds is 4. The highest BCUT2D eigenvalue weighted by molar-refractivity contribution is 5.26. The molecule has 1 aromatic carbocycles.